The van der Waals surface area contributed by atoms with Crippen molar-refractivity contribution in [3.63, 3.8) is 0 Å². The van der Waals surface area contributed by atoms with Crippen molar-refractivity contribution in [1.82, 2.24) is 10.6 Å². The molecule has 1 rings (SSSR count). The zero-order chi connectivity index (χ0) is 17.1. The van der Waals surface area contributed by atoms with Gasteiger partial charge in [0.25, 0.3) is 5.91 Å². The third kappa shape index (κ3) is 5.32. The van der Waals surface area contributed by atoms with Crippen molar-refractivity contribution in [1.29, 1.82) is 0 Å². The quantitative estimate of drug-likeness (QED) is 0.458. The Morgan fingerprint density at radius 2 is 1.95 bits per heavy atom. The highest BCUT2D eigenvalue weighted by Gasteiger charge is 2.37. The Bertz CT molecular complexity index is 481. The molecular formula is C13H20N2O7. The minimum Gasteiger partial charge on any atom is -0.450 e. The highest BCUT2D eigenvalue weighted by atomic mass is 16.6. The lowest BCUT2D eigenvalue weighted by molar-refractivity contribution is -0.158. The van der Waals surface area contributed by atoms with Gasteiger partial charge in [0.15, 0.2) is 12.1 Å². The number of hydrogen-bond donors (Lipinski definition) is 3. The fourth-order valence-electron chi connectivity index (χ4n) is 1.65. The van der Waals surface area contributed by atoms with E-state index in [1.165, 1.54) is 6.92 Å². The molecule has 1 aliphatic heterocycles. The largest absolute Gasteiger partial charge is 0.450 e. The zero-order valence-corrected chi connectivity index (χ0v) is 12.8. The molecule has 3 amide bonds. The molecular weight excluding hydrogens is 296 g/mol. The fourth-order valence-corrected chi connectivity index (χ4v) is 1.65. The van der Waals surface area contributed by atoms with Crippen molar-refractivity contribution < 1.29 is 33.8 Å². The number of rotatable bonds is 4. The van der Waals surface area contributed by atoms with Gasteiger partial charge in [-0.15, -0.1) is 0 Å². The second-order valence-corrected chi connectivity index (χ2v) is 5.91. The predicted octanol–water partition coefficient (Wildman–Crippen LogP) is -0.781. The van der Waals surface area contributed by atoms with Crippen molar-refractivity contribution in [2.75, 3.05) is 0 Å². The normalized spacial score (nSPS) is 20.9. The van der Waals surface area contributed by atoms with Gasteiger partial charge in [0.1, 0.15) is 5.60 Å². The summed E-state index contributed by atoms with van der Waals surface area (Å²) >= 11 is 0. The second kappa shape index (κ2) is 6.73. The Labute approximate surface area is 127 Å². The van der Waals surface area contributed by atoms with E-state index in [2.05, 4.69) is 5.32 Å². The van der Waals surface area contributed by atoms with E-state index in [1.54, 1.807) is 20.8 Å². The maximum absolute atomic E-state index is 12.0. The Hall–Kier alpha value is -2.16. The third-order valence-electron chi connectivity index (χ3n) is 2.59. The van der Waals surface area contributed by atoms with Crippen LogP contribution in [0.4, 0.5) is 4.79 Å². The first-order valence-electron chi connectivity index (χ1n) is 6.71. The summed E-state index contributed by atoms with van der Waals surface area (Å²) in [6.07, 6.45) is -3.74. The van der Waals surface area contributed by atoms with Crippen LogP contribution in [0.15, 0.2) is 0 Å². The lowest BCUT2D eigenvalue weighted by Gasteiger charge is -2.24. The molecule has 9 heteroatoms. The number of carbonyl (C=O) groups is 4. The molecule has 124 valence electrons. The number of nitrogens with one attached hydrogen (secondary N) is 2. The number of aliphatic hydroxyl groups is 1. The van der Waals surface area contributed by atoms with Crippen LogP contribution in [0, 0.1) is 0 Å². The second-order valence-electron chi connectivity index (χ2n) is 5.91. The minimum atomic E-state index is -1.42. The van der Waals surface area contributed by atoms with E-state index >= 15 is 0 Å². The highest BCUT2D eigenvalue weighted by molar-refractivity contribution is 6.05. The van der Waals surface area contributed by atoms with Gasteiger partial charge >= 0.3 is 12.1 Å². The molecule has 3 atom stereocenters. The van der Waals surface area contributed by atoms with Crippen LogP contribution >= 0.6 is 0 Å². The molecule has 0 saturated carbocycles. The number of amides is 3. The first-order valence-corrected chi connectivity index (χ1v) is 6.71. The maximum atomic E-state index is 12.0. The van der Waals surface area contributed by atoms with Gasteiger partial charge in [-0.25, -0.2) is 9.59 Å². The van der Waals surface area contributed by atoms with Crippen LogP contribution in [-0.4, -0.2) is 52.8 Å². The summed E-state index contributed by atoms with van der Waals surface area (Å²) in [6, 6.07) is -1.42. The first-order chi connectivity index (χ1) is 9.99. The van der Waals surface area contributed by atoms with Crippen LogP contribution in [0.1, 0.15) is 34.1 Å². The molecule has 22 heavy (non-hydrogen) atoms. The Morgan fingerprint density at radius 3 is 2.36 bits per heavy atom. The first kappa shape index (κ1) is 17.9. The van der Waals surface area contributed by atoms with E-state index in [1.807, 2.05) is 5.32 Å². The number of alkyl carbamates (subject to hydrolysis) is 1. The van der Waals surface area contributed by atoms with Crippen molar-refractivity contribution in [2.24, 2.45) is 0 Å². The van der Waals surface area contributed by atoms with Gasteiger partial charge in [0.05, 0.1) is 12.5 Å². The van der Waals surface area contributed by atoms with Gasteiger partial charge in [0, 0.05) is 0 Å². The van der Waals surface area contributed by atoms with E-state index < -0.39 is 47.7 Å². The van der Waals surface area contributed by atoms with Gasteiger partial charge < -0.3 is 19.9 Å². The van der Waals surface area contributed by atoms with Crippen LogP contribution in [0.5, 0.6) is 0 Å². The maximum Gasteiger partial charge on any atom is 0.408 e. The molecule has 9 nitrogen and oxygen atoms in total. The van der Waals surface area contributed by atoms with Gasteiger partial charge in [-0.2, -0.15) is 0 Å². The molecule has 0 bridgehead atoms. The van der Waals surface area contributed by atoms with Crippen molar-refractivity contribution in [2.45, 2.75) is 58.0 Å². The average Bonchev–Trinajstić information content (AvgIpc) is 2.62. The van der Waals surface area contributed by atoms with E-state index in [4.69, 9.17) is 9.47 Å². The number of aliphatic hydroxyl groups excluding tert-OH is 1. The monoisotopic (exact) mass is 316 g/mol. The molecule has 0 aromatic carbocycles. The fraction of sp³-hybridized carbons (Fsp3) is 0.692. The van der Waals surface area contributed by atoms with Crippen LogP contribution < -0.4 is 10.6 Å². The van der Waals surface area contributed by atoms with Crippen molar-refractivity contribution in [3.8, 4) is 0 Å². The summed E-state index contributed by atoms with van der Waals surface area (Å²) in [5.41, 5.74) is -0.783. The molecule has 0 aromatic heterocycles. The Kier molecular flexibility index (Phi) is 5.48. The summed E-state index contributed by atoms with van der Waals surface area (Å²) < 4.78 is 9.82. The van der Waals surface area contributed by atoms with Gasteiger partial charge in [-0.1, -0.05) is 0 Å². The van der Waals surface area contributed by atoms with Crippen LogP contribution in [0.25, 0.3) is 0 Å². The van der Waals surface area contributed by atoms with Crippen LogP contribution in [0.2, 0.25) is 0 Å². The summed E-state index contributed by atoms with van der Waals surface area (Å²) in [4.78, 5) is 46.0. The zero-order valence-electron chi connectivity index (χ0n) is 12.8. The number of ether oxygens (including phenoxy) is 2. The molecule has 1 fully saturated rings. The van der Waals surface area contributed by atoms with E-state index in [0.717, 1.165) is 0 Å². The molecule has 1 aliphatic rings. The number of esters is 1. The molecule has 0 unspecified atom stereocenters. The van der Waals surface area contributed by atoms with Crippen molar-refractivity contribution in [3.05, 3.63) is 0 Å². The van der Waals surface area contributed by atoms with Gasteiger partial charge in [-0.05, 0) is 27.7 Å². The topological polar surface area (TPSA) is 131 Å². The molecule has 3 N–H and O–H groups in total. The molecule has 0 aliphatic carbocycles. The Morgan fingerprint density at radius 1 is 1.36 bits per heavy atom. The van der Waals surface area contributed by atoms with E-state index in [9.17, 15) is 24.3 Å². The SMILES string of the molecule is C[C@@H](O)[C@H](NC(=O)OC(C)(C)C)C(=O)O[C@H]1CC(=O)NC1=O. The molecule has 1 heterocycles. The third-order valence-corrected chi connectivity index (χ3v) is 2.59. The summed E-state index contributed by atoms with van der Waals surface area (Å²) in [7, 11) is 0. The van der Waals surface area contributed by atoms with Crippen LogP contribution in [0.3, 0.4) is 0 Å². The predicted molar refractivity (Wildman–Crippen MR) is 72.5 cm³/mol. The lowest BCUT2D eigenvalue weighted by atomic mass is 10.2. The summed E-state index contributed by atoms with van der Waals surface area (Å²) in [6.45, 7) is 6.17. The number of imide groups is 1. The molecule has 0 radical (unpaired) electrons. The van der Waals surface area contributed by atoms with Gasteiger partial charge in [-0.3, -0.25) is 14.9 Å². The smallest absolute Gasteiger partial charge is 0.408 e. The number of hydrogen-bond acceptors (Lipinski definition) is 7. The van der Waals surface area contributed by atoms with Gasteiger partial charge in [0.2, 0.25) is 5.91 Å². The molecule has 0 spiro atoms. The van der Waals surface area contributed by atoms with Crippen molar-refractivity contribution >= 4 is 23.9 Å². The molecule has 1 saturated heterocycles. The number of carbonyl (C=O) groups excluding carboxylic acids is 4. The van der Waals surface area contributed by atoms with E-state index in [0.29, 0.717) is 0 Å². The highest BCUT2D eigenvalue weighted by Crippen LogP contribution is 2.11. The van der Waals surface area contributed by atoms with E-state index in [-0.39, 0.29) is 6.42 Å². The lowest BCUT2D eigenvalue weighted by Crippen LogP contribution is -2.51. The van der Waals surface area contributed by atoms with Crippen LogP contribution in [-0.2, 0) is 23.9 Å². The summed E-state index contributed by atoms with van der Waals surface area (Å²) in [5.74, 6) is -2.33. The molecule has 0 aromatic rings. The summed E-state index contributed by atoms with van der Waals surface area (Å²) in [5, 5.41) is 13.7. The standard InChI is InChI=1S/C13H20N2O7/c1-6(16)9(15-12(20)22-13(2,3)4)11(19)21-7-5-8(17)14-10(7)18/h6-7,9,16H,5H2,1-4H3,(H,15,20)(H,14,17,18)/t6-,7+,9+/m1/s1. The Balaban J connectivity index is 2.66. The average molecular weight is 316 g/mol. The minimum absolute atomic E-state index is 0.288.